The van der Waals surface area contributed by atoms with Crippen LogP contribution >= 0.6 is 0 Å². The van der Waals surface area contributed by atoms with E-state index in [1.54, 1.807) is 13.2 Å². The normalized spacial score (nSPS) is 20.4. The first-order valence-corrected chi connectivity index (χ1v) is 5.78. The number of carbonyl (C=O) groups is 1. The Balaban J connectivity index is 2.35. The summed E-state index contributed by atoms with van der Waals surface area (Å²) in [5.41, 5.74) is 7.72. The maximum absolute atomic E-state index is 11.1. The molecule has 0 radical (unpaired) electrons. The Labute approximate surface area is 105 Å². The number of amides is 1. The first-order valence-electron chi connectivity index (χ1n) is 5.78. The summed E-state index contributed by atoms with van der Waals surface area (Å²) in [7, 11) is 1.57. The summed E-state index contributed by atoms with van der Waals surface area (Å²) in [6, 6.07) is 0. The maximum Gasteiger partial charge on any atom is 0.413 e. The van der Waals surface area contributed by atoms with Crippen LogP contribution in [-0.4, -0.2) is 42.8 Å². The molecule has 18 heavy (non-hydrogen) atoms. The first-order chi connectivity index (χ1) is 8.63. The molecule has 6 heteroatoms. The summed E-state index contributed by atoms with van der Waals surface area (Å²) >= 11 is 0. The Hall–Kier alpha value is -1.95. The highest BCUT2D eigenvalue weighted by atomic mass is 16.5. The monoisotopic (exact) mass is 251 g/mol. The molecule has 2 heterocycles. The minimum absolute atomic E-state index is 0.192. The summed E-state index contributed by atoms with van der Waals surface area (Å²) in [6.45, 7) is 1.92. The van der Waals surface area contributed by atoms with Crippen molar-refractivity contribution in [1.82, 2.24) is 10.2 Å². The summed E-state index contributed by atoms with van der Waals surface area (Å²) in [5, 5.41) is 12.3. The van der Waals surface area contributed by atoms with Crippen LogP contribution in [0.15, 0.2) is 34.9 Å². The highest BCUT2D eigenvalue weighted by Gasteiger charge is 2.26. The van der Waals surface area contributed by atoms with Gasteiger partial charge in [-0.25, -0.2) is 4.79 Å². The van der Waals surface area contributed by atoms with E-state index in [1.165, 1.54) is 0 Å². The molecule has 0 unspecified atom stereocenters. The van der Waals surface area contributed by atoms with Crippen LogP contribution in [0, 0.1) is 0 Å². The number of hydrogen-bond acceptors (Lipinski definition) is 4. The van der Waals surface area contributed by atoms with Crippen molar-refractivity contribution in [2.45, 2.75) is 6.42 Å². The number of hydrogen-bond donors (Lipinski definition) is 3. The van der Waals surface area contributed by atoms with Gasteiger partial charge in [-0.3, -0.25) is 4.90 Å². The van der Waals surface area contributed by atoms with Crippen LogP contribution in [0.3, 0.4) is 0 Å². The van der Waals surface area contributed by atoms with Crippen molar-refractivity contribution < 1.29 is 14.6 Å². The molecule has 2 aliphatic rings. The molecule has 2 rings (SSSR count). The largest absolute Gasteiger partial charge is 0.496 e. The standard InChI is InChI=1S/C12H17N3O3/c1-18-10-6-11(13)15(12(16)17)7-9(10)8-2-4-14-5-3-8/h2,6,14H,3-5,7,13H2,1H3,(H,16,17). The van der Waals surface area contributed by atoms with Crippen LogP contribution in [0.1, 0.15) is 6.42 Å². The Morgan fingerprint density at radius 2 is 2.39 bits per heavy atom. The minimum Gasteiger partial charge on any atom is -0.496 e. The molecular weight excluding hydrogens is 234 g/mol. The molecule has 0 atom stereocenters. The second-order valence-electron chi connectivity index (χ2n) is 4.17. The van der Waals surface area contributed by atoms with E-state index in [9.17, 15) is 4.79 Å². The number of rotatable bonds is 2. The number of nitrogens with zero attached hydrogens (tertiary/aromatic N) is 1. The van der Waals surface area contributed by atoms with Crippen LogP contribution in [0.5, 0.6) is 0 Å². The molecule has 0 aromatic carbocycles. The lowest BCUT2D eigenvalue weighted by atomic mass is 9.96. The fraction of sp³-hybridized carbons (Fsp3) is 0.417. The maximum atomic E-state index is 11.1. The van der Waals surface area contributed by atoms with Gasteiger partial charge >= 0.3 is 6.09 Å². The molecule has 1 amide bonds. The molecule has 0 spiro atoms. The van der Waals surface area contributed by atoms with Gasteiger partial charge in [0.1, 0.15) is 11.6 Å². The zero-order valence-electron chi connectivity index (χ0n) is 10.3. The zero-order valence-corrected chi connectivity index (χ0v) is 10.3. The fourth-order valence-electron chi connectivity index (χ4n) is 2.14. The van der Waals surface area contributed by atoms with Gasteiger partial charge in [0.2, 0.25) is 0 Å². The van der Waals surface area contributed by atoms with Crippen molar-refractivity contribution in [2.75, 3.05) is 26.7 Å². The van der Waals surface area contributed by atoms with Gasteiger partial charge in [0, 0.05) is 18.2 Å². The molecular formula is C12H17N3O3. The summed E-state index contributed by atoms with van der Waals surface area (Å²) in [6.07, 6.45) is 3.44. The SMILES string of the molecule is COC1=C(C2=CCNCC2)CN(C(=O)O)C(N)=C1. The lowest BCUT2D eigenvalue weighted by Crippen LogP contribution is -2.38. The molecule has 0 saturated carbocycles. The second kappa shape index (κ2) is 5.14. The van der Waals surface area contributed by atoms with Crippen LogP contribution < -0.4 is 11.1 Å². The van der Waals surface area contributed by atoms with Crippen molar-refractivity contribution in [3.05, 3.63) is 34.9 Å². The topological polar surface area (TPSA) is 87.8 Å². The second-order valence-corrected chi connectivity index (χ2v) is 4.17. The molecule has 0 fully saturated rings. The van der Waals surface area contributed by atoms with Gasteiger partial charge in [-0.15, -0.1) is 0 Å². The predicted octanol–water partition coefficient (Wildman–Crippen LogP) is 0.600. The van der Waals surface area contributed by atoms with Crippen molar-refractivity contribution in [1.29, 1.82) is 0 Å². The molecule has 0 saturated heterocycles. The van der Waals surface area contributed by atoms with E-state index >= 15 is 0 Å². The Morgan fingerprint density at radius 3 is 2.94 bits per heavy atom. The van der Waals surface area contributed by atoms with Crippen LogP contribution in [-0.2, 0) is 4.74 Å². The molecule has 0 aromatic heterocycles. The first kappa shape index (κ1) is 12.5. The van der Waals surface area contributed by atoms with E-state index in [-0.39, 0.29) is 12.4 Å². The summed E-state index contributed by atoms with van der Waals surface area (Å²) in [4.78, 5) is 12.2. The van der Waals surface area contributed by atoms with Gasteiger partial charge < -0.3 is 20.9 Å². The minimum atomic E-state index is -1.05. The molecule has 6 nitrogen and oxygen atoms in total. The molecule has 0 aliphatic carbocycles. The van der Waals surface area contributed by atoms with Crippen molar-refractivity contribution in [3.63, 3.8) is 0 Å². The molecule has 0 aromatic rings. The van der Waals surface area contributed by atoms with Gasteiger partial charge in [0.05, 0.1) is 13.7 Å². The number of nitrogens with one attached hydrogen (secondary N) is 1. The van der Waals surface area contributed by atoms with Crippen molar-refractivity contribution >= 4 is 6.09 Å². The zero-order chi connectivity index (χ0) is 13.1. The van der Waals surface area contributed by atoms with Crippen molar-refractivity contribution in [3.8, 4) is 0 Å². The van der Waals surface area contributed by atoms with Crippen LogP contribution in [0.2, 0.25) is 0 Å². The number of methoxy groups -OCH3 is 1. The molecule has 98 valence electrons. The number of ether oxygens (including phenoxy) is 1. The predicted molar refractivity (Wildman–Crippen MR) is 66.6 cm³/mol. The van der Waals surface area contributed by atoms with Crippen molar-refractivity contribution in [2.24, 2.45) is 5.73 Å². The van der Waals surface area contributed by atoms with E-state index in [4.69, 9.17) is 15.6 Å². The Kier molecular flexibility index (Phi) is 3.57. The Bertz CT molecular complexity index is 451. The molecule has 4 N–H and O–H groups in total. The van der Waals surface area contributed by atoms with Gasteiger partial charge in [-0.1, -0.05) is 6.08 Å². The smallest absolute Gasteiger partial charge is 0.413 e. The summed E-state index contributed by atoms with van der Waals surface area (Å²) in [5.74, 6) is 0.843. The van der Waals surface area contributed by atoms with E-state index in [1.807, 2.05) is 0 Å². The van der Waals surface area contributed by atoms with Gasteiger partial charge in [0.15, 0.2) is 0 Å². The average molecular weight is 251 g/mol. The molecule has 0 bridgehead atoms. The lowest BCUT2D eigenvalue weighted by molar-refractivity contribution is 0.159. The molecule has 2 aliphatic heterocycles. The summed E-state index contributed by atoms with van der Waals surface area (Å²) < 4.78 is 5.30. The fourth-order valence-corrected chi connectivity index (χ4v) is 2.14. The third-order valence-electron chi connectivity index (χ3n) is 3.11. The van der Waals surface area contributed by atoms with Gasteiger partial charge in [0.25, 0.3) is 0 Å². The van der Waals surface area contributed by atoms with E-state index in [0.29, 0.717) is 5.76 Å². The van der Waals surface area contributed by atoms with E-state index in [0.717, 1.165) is 35.6 Å². The highest BCUT2D eigenvalue weighted by molar-refractivity contribution is 5.69. The van der Waals surface area contributed by atoms with Crippen LogP contribution in [0.4, 0.5) is 4.79 Å². The number of carboxylic acid groups (broad SMARTS) is 1. The van der Waals surface area contributed by atoms with E-state index in [2.05, 4.69) is 11.4 Å². The third kappa shape index (κ3) is 2.33. The van der Waals surface area contributed by atoms with E-state index < -0.39 is 6.09 Å². The average Bonchev–Trinajstić information content (AvgIpc) is 2.39. The number of allylic oxidation sites excluding steroid dienone is 1. The third-order valence-corrected chi connectivity index (χ3v) is 3.11. The Morgan fingerprint density at radius 1 is 1.61 bits per heavy atom. The quantitative estimate of drug-likeness (QED) is 0.669. The van der Waals surface area contributed by atoms with Crippen LogP contribution in [0.25, 0.3) is 0 Å². The highest BCUT2D eigenvalue weighted by Crippen LogP contribution is 2.27. The van der Waals surface area contributed by atoms with Gasteiger partial charge in [-0.2, -0.15) is 0 Å². The lowest BCUT2D eigenvalue weighted by Gasteiger charge is -2.29. The number of nitrogens with two attached hydrogens (primary N) is 1. The van der Waals surface area contributed by atoms with Gasteiger partial charge in [-0.05, 0) is 18.5 Å².